The predicted molar refractivity (Wildman–Crippen MR) is 61.5 cm³/mol. The van der Waals surface area contributed by atoms with Crippen LogP contribution in [-0.4, -0.2) is 54.0 Å². The highest BCUT2D eigenvalue weighted by molar-refractivity contribution is 5.94. The third-order valence-electron chi connectivity index (χ3n) is 2.97. The summed E-state index contributed by atoms with van der Waals surface area (Å²) >= 11 is 0. The fraction of sp³-hybridized carbons (Fsp3) is 0.417. The minimum Gasteiger partial charge on any atom is -0.508 e. The molecule has 1 aliphatic heterocycles. The third kappa shape index (κ3) is 2.55. The molecule has 92 valence electrons. The Morgan fingerprint density at radius 2 is 1.94 bits per heavy atom. The van der Waals surface area contributed by atoms with Crippen LogP contribution in [-0.2, 0) is 0 Å². The number of hydrogen-bond donors (Lipinski definition) is 1. The van der Waals surface area contributed by atoms with Gasteiger partial charge in [-0.1, -0.05) is 0 Å². The Labute approximate surface area is 99.3 Å². The maximum atomic E-state index is 13.5. The van der Waals surface area contributed by atoms with Gasteiger partial charge >= 0.3 is 0 Å². The minimum atomic E-state index is -0.672. The fourth-order valence-corrected chi connectivity index (χ4v) is 1.86. The summed E-state index contributed by atoms with van der Waals surface area (Å²) in [6.07, 6.45) is 0. The van der Waals surface area contributed by atoms with Gasteiger partial charge in [-0.15, -0.1) is 0 Å². The molecule has 0 saturated carbocycles. The van der Waals surface area contributed by atoms with Crippen molar-refractivity contribution in [2.24, 2.45) is 0 Å². The zero-order chi connectivity index (χ0) is 12.4. The Bertz CT molecular complexity index is 429. The molecule has 17 heavy (non-hydrogen) atoms. The van der Waals surface area contributed by atoms with Gasteiger partial charge < -0.3 is 14.9 Å². The van der Waals surface area contributed by atoms with E-state index in [-0.39, 0.29) is 17.2 Å². The van der Waals surface area contributed by atoms with Crippen LogP contribution in [0.15, 0.2) is 18.2 Å². The number of phenols is 1. The van der Waals surface area contributed by atoms with Gasteiger partial charge in [-0.05, 0) is 19.2 Å². The standard InChI is InChI=1S/C12H15FN2O2/c1-14-4-6-15(7-5-14)12(17)10-3-2-9(16)8-11(10)13/h2-3,8,16H,4-7H2,1H3. The first-order valence-electron chi connectivity index (χ1n) is 5.54. The number of carbonyl (C=O) groups excluding carboxylic acids is 1. The third-order valence-corrected chi connectivity index (χ3v) is 2.97. The molecule has 2 rings (SSSR count). The molecule has 0 aromatic heterocycles. The lowest BCUT2D eigenvalue weighted by Crippen LogP contribution is -2.47. The number of amides is 1. The van der Waals surface area contributed by atoms with Crippen LogP contribution in [0.2, 0.25) is 0 Å². The summed E-state index contributed by atoms with van der Waals surface area (Å²) in [5, 5.41) is 9.09. The average Bonchev–Trinajstić information content (AvgIpc) is 2.29. The molecule has 0 bridgehead atoms. The second-order valence-corrected chi connectivity index (χ2v) is 4.26. The smallest absolute Gasteiger partial charge is 0.256 e. The summed E-state index contributed by atoms with van der Waals surface area (Å²) in [5.41, 5.74) is 0.0207. The van der Waals surface area contributed by atoms with Gasteiger partial charge in [0, 0.05) is 32.2 Å². The van der Waals surface area contributed by atoms with Crippen LogP contribution in [0.1, 0.15) is 10.4 Å². The number of rotatable bonds is 1. The number of hydrogen-bond acceptors (Lipinski definition) is 3. The topological polar surface area (TPSA) is 43.8 Å². The molecule has 0 aliphatic carbocycles. The molecule has 5 heteroatoms. The molecule has 1 saturated heterocycles. The summed E-state index contributed by atoms with van der Waals surface area (Å²) in [5.74, 6) is -1.15. The van der Waals surface area contributed by atoms with Gasteiger partial charge in [0.05, 0.1) is 5.56 Å². The highest BCUT2D eigenvalue weighted by atomic mass is 19.1. The van der Waals surface area contributed by atoms with Gasteiger partial charge in [-0.25, -0.2) is 4.39 Å². The summed E-state index contributed by atoms with van der Waals surface area (Å²) in [7, 11) is 1.99. The maximum absolute atomic E-state index is 13.5. The molecule has 0 spiro atoms. The number of piperazine rings is 1. The highest BCUT2D eigenvalue weighted by Crippen LogP contribution is 2.17. The Kier molecular flexibility index (Phi) is 3.28. The normalized spacial score (nSPS) is 17.2. The summed E-state index contributed by atoms with van der Waals surface area (Å²) < 4.78 is 13.5. The molecule has 1 aliphatic rings. The van der Waals surface area contributed by atoms with Crippen LogP contribution in [0, 0.1) is 5.82 Å². The largest absolute Gasteiger partial charge is 0.508 e. The van der Waals surface area contributed by atoms with Gasteiger partial charge in [-0.2, -0.15) is 0 Å². The van der Waals surface area contributed by atoms with E-state index < -0.39 is 5.82 Å². The Balaban J connectivity index is 2.14. The van der Waals surface area contributed by atoms with E-state index in [0.29, 0.717) is 13.1 Å². The SMILES string of the molecule is CN1CCN(C(=O)c2ccc(O)cc2F)CC1. The van der Waals surface area contributed by atoms with Crippen molar-refractivity contribution in [2.45, 2.75) is 0 Å². The van der Waals surface area contributed by atoms with Gasteiger partial charge in [-0.3, -0.25) is 4.79 Å². The molecular formula is C12H15FN2O2. The van der Waals surface area contributed by atoms with Crippen LogP contribution in [0.4, 0.5) is 4.39 Å². The minimum absolute atomic E-state index is 0.0207. The lowest BCUT2D eigenvalue weighted by molar-refractivity contribution is 0.0659. The van der Waals surface area contributed by atoms with E-state index in [1.54, 1.807) is 4.90 Å². The summed E-state index contributed by atoms with van der Waals surface area (Å²) in [4.78, 5) is 15.8. The Hall–Kier alpha value is -1.62. The van der Waals surface area contributed by atoms with Crippen LogP contribution in [0.25, 0.3) is 0 Å². The van der Waals surface area contributed by atoms with Crippen molar-refractivity contribution in [3.63, 3.8) is 0 Å². The van der Waals surface area contributed by atoms with Crippen molar-refractivity contribution in [2.75, 3.05) is 33.2 Å². The number of likely N-dealkylation sites (N-methyl/N-ethyl adjacent to an activating group) is 1. The quantitative estimate of drug-likeness (QED) is 0.791. The molecule has 1 heterocycles. The maximum Gasteiger partial charge on any atom is 0.256 e. The zero-order valence-electron chi connectivity index (χ0n) is 9.69. The second kappa shape index (κ2) is 4.71. The number of carbonyl (C=O) groups is 1. The molecule has 1 fully saturated rings. The van der Waals surface area contributed by atoms with Crippen molar-refractivity contribution in [3.05, 3.63) is 29.6 Å². The predicted octanol–water partition coefficient (Wildman–Crippen LogP) is 0.919. The molecule has 1 aromatic carbocycles. The van der Waals surface area contributed by atoms with Crippen LogP contribution < -0.4 is 0 Å². The molecule has 1 amide bonds. The number of halogens is 1. The molecule has 0 unspecified atom stereocenters. The van der Waals surface area contributed by atoms with Crippen molar-refractivity contribution in [1.29, 1.82) is 0 Å². The van der Waals surface area contributed by atoms with Crippen molar-refractivity contribution in [1.82, 2.24) is 9.80 Å². The van der Waals surface area contributed by atoms with Crippen molar-refractivity contribution < 1.29 is 14.3 Å². The van der Waals surface area contributed by atoms with E-state index in [2.05, 4.69) is 4.90 Å². The number of aromatic hydroxyl groups is 1. The van der Waals surface area contributed by atoms with Gasteiger partial charge in [0.25, 0.3) is 5.91 Å². The summed E-state index contributed by atoms with van der Waals surface area (Å²) in [6.45, 7) is 2.81. The monoisotopic (exact) mass is 238 g/mol. The van der Waals surface area contributed by atoms with E-state index in [0.717, 1.165) is 19.2 Å². The lowest BCUT2D eigenvalue weighted by Gasteiger charge is -2.32. The van der Waals surface area contributed by atoms with Crippen LogP contribution >= 0.6 is 0 Å². The zero-order valence-corrected chi connectivity index (χ0v) is 9.69. The van der Waals surface area contributed by atoms with Crippen molar-refractivity contribution in [3.8, 4) is 5.75 Å². The average molecular weight is 238 g/mol. The van der Waals surface area contributed by atoms with E-state index in [4.69, 9.17) is 5.11 Å². The number of nitrogens with zero attached hydrogens (tertiary/aromatic N) is 2. The van der Waals surface area contributed by atoms with E-state index in [9.17, 15) is 9.18 Å². The molecule has 1 aromatic rings. The Morgan fingerprint density at radius 1 is 1.29 bits per heavy atom. The molecule has 0 atom stereocenters. The molecule has 1 N–H and O–H groups in total. The molecule has 0 radical (unpaired) electrons. The first kappa shape index (κ1) is 11.9. The van der Waals surface area contributed by atoms with Crippen molar-refractivity contribution >= 4 is 5.91 Å². The van der Waals surface area contributed by atoms with E-state index >= 15 is 0 Å². The fourth-order valence-electron chi connectivity index (χ4n) is 1.86. The summed E-state index contributed by atoms with van der Waals surface area (Å²) in [6, 6.07) is 3.61. The Morgan fingerprint density at radius 3 is 2.53 bits per heavy atom. The second-order valence-electron chi connectivity index (χ2n) is 4.26. The lowest BCUT2D eigenvalue weighted by atomic mass is 10.1. The first-order valence-corrected chi connectivity index (χ1v) is 5.54. The first-order chi connectivity index (χ1) is 8.08. The van der Waals surface area contributed by atoms with E-state index in [1.165, 1.54) is 12.1 Å². The van der Waals surface area contributed by atoms with Gasteiger partial charge in [0.2, 0.25) is 0 Å². The highest BCUT2D eigenvalue weighted by Gasteiger charge is 2.22. The number of benzene rings is 1. The van der Waals surface area contributed by atoms with Crippen LogP contribution in [0.5, 0.6) is 5.75 Å². The van der Waals surface area contributed by atoms with E-state index in [1.807, 2.05) is 7.05 Å². The van der Waals surface area contributed by atoms with Crippen LogP contribution in [0.3, 0.4) is 0 Å². The van der Waals surface area contributed by atoms with Gasteiger partial charge in [0.1, 0.15) is 11.6 Å². The van der Waals surface area contributed by atoms with Gasteiger partial charge in [0.15, 0.2) is 0 Å². The molecule has 4 nitrogen and oxygen atoms in total. The molecular weight excluding hydrogens is 223 g/mol. The number of phenolic OH excluding ortho intramolecular Hbond substituents is 1.